The average molecular weight is 339 g/mol. The van der Waals surface area contributed by atoms with E-state index in [-0.39, 0.29) is 5.91 Å². The molecule has 1 fully saturated rings. The van der Waals surface area contributed by atoms with Crippen molar-refractivity contribution in [1.29, 1.82) is 0 Å². The molecule has 4 rings (SSSR count). The number of aryl methyl sites for hydroxylation is 2. The first-order valence-electron chi connectivity index (χ1n) is 8.02. The Bertz CT molecular complexity index is 1020. The Balaban J connectivity index is 1.57. The van der Waals surface area contributed by atoms with E-state index >= 15 is 0 Å². The van der Waals surface area contributed by atoms with E-state index in [9.17, 15) is 9.59 Å². The van der Waals surface area contributed by atoms with Gasteiger partial charge in [0.25, 0.3) is 5.91 Å². The van der Waals surface area contributed by atoms with Gasteiger partial charge in [-0.1, -0.05) is 0 Å². The molecule has 2 aromatic heterocycles. The number of carbonyl (C=O) groups is 1. The van der Waals surface area contributed by atoms with Crippen LogP contribution in [-0.4, -0.2) is 28.3 Å². The largest absolute Gasteiger partial charge is 0.480 e. The standard InChI is InChI=1S/C18H17N3O4/c1-11-7-17(22)25-16-8-13(3-4-14(11)16)24-15-5-6-21(18(15)23)12-9-19-20(2)10-12/h3-4,7-10,15H,5-6H2,1-2H3/t15-/m1/s1. The second kappa shape index (κ2) is 5.77. The molecule has 7 heteroatoms. The fourth-order valence-corrected chi connectivity index (χ4v) is 3.11. The highest BCUT2D eigenvalue weighted by atomic mass is 16.5. The molecule has 0 radical (unpaired) electrons. The number of aromatic nitrogens is 2. The predicted molar refractivity (Wildman–Crippen MR) is 91.8 cm³/mol. The van der Waals surface area contributed by atoms with Crippen molar-refractivity contribution in [2.75, 3.05) is 11.4 Å². The van der Waals surface area contributed by atoms with Gasteiger partial charge in [0.15, 0.2) is 6.10 Å². The van der Waals surface area contributed by atoms with E-state index in [1.54, 1.807) is 34.1 Å². The number of amides is 1. The molecule has 3 aromatic rings. The molecule has 1 saturated heterocycles. The molecule has 0 aliphatic carbocycles. The van der Waals surface area contributed by atoms with Crippen LogP contribution in [-0.2, 0) is 11.8 Å². The molecule has 0 saturated carbocycles. The Labute approximate surface area is 143 Å². The lowest BCUT2D eigenvalue weighted by Crippen LogP contribution is -2.32. The maximum atomic E-state index is 12.6. The van der Waals surface area contributed by atoms with Crippen LogP contribution in [0.5, 0.6) is 5.75 Å². The smallest absolute Gasteiger partial charge is 0.336 e. The molecule has 1 aromatic carbocycles. The van der Waals surface area contributed by atoms with Crippen LogP contribution >= 0.6 is 0 Å². The van der Waals surface area contributed by atoms with Crippen molar-refractivity contribution in [2.24, 2.45) is 7.05 Å². The molecule has 3 heterocycles. The first-order valence-corrected chi connectivity index (χ1v) is 8.02. The Morgan fingerprint density at radius 2 is 2.12 bits per heavy atom. The van der Waals surface area contributed by atoms with Gasteiger partial charge in [0.05, 0.1) is 11.9 Å². The van der Waals surface area contributed by atoms with Crippen LogP contribution in [0.1, 0.15) is 12.0 Å². The fourth-order valence-electron chi connectivity index (χ4n) is 3.11. The third-order valence-corrected chi connectivity index (χ3v) is 4.36. The van der Waals surface area contributed by atoms with E-state index in [1.165, 1.54) is 6.07 Å². The molecule has 1 amide bonds. The topological polar surface area (TPSA) is 77.6 Å². The SMILES string of the molecule is Cc1cc(=O)oc2cc(O[C@@H]3CCN(c4cnn(C)c4)C3=O)ccc12. The molecule has 7 nitrogen and oxygen atoms in total. The van der Waals surface area contributed by atoms with Crippen molar-refractivity contribution in [3.8, 4) is 5.75 Å². The summed E-state index contributed by atoms with van der Waals surface area (Å²) in [5.74, 6) is 0.409. The first kappa shape index (κ1) is 15.4. The summed E-state index contributed by atoms with van der Waals surface area (Å²) in [6.45, 7) is 2.43. The molecule has 1 aliphatic heterocycles. The Morgan fingerprint density at radius 3 is 2.88 bits per heavy atom. The summed E-state index contributed by atoms with van der Waals surface area (Å²) in [6.07, 6.45) is 3.49. The second-order valence-electron chi connectivity index (χ2n) is 6.16. The number of fused-ring (bicyclic) bond motifs is 1. The molecule has 0 spiro atoms. The quantitative estimate of drug-likeness (QED) is 0.682. The number of benzene rings is 1. The van der Waals surface area contributed by atoms with E-state index in [1.807, 2.05) is 20.0 Å². The van der Waals surface area contributed by atoms with Gasteiger partial charge < -0.3 is 14.1 Å². The number of ether oxygens (including phenoxy) is 1. The highest BCUT2D eigenvalue weighted by Crippen LogP contribution is 2.27. The number of hydrogen-bond acceptors (Lipinski definition) is 5. The van der Waals surface area contributed by atoms with Gasteiger partial charge in [0.2, 0.25) is 0 Å². The molecule has 1 aliphatic rings. The number of carbonyl (C=O) groups excluding carboxylic acids is 1. The lowest BCUT2D eigenvalue weighted by molar-refractivity contribution is -0.122. The third-order valence-electron chi connectivity index (χ3n) is 4.36. The van der Waals surface area contributed by atoms with Crippen molar-refractivity contribution in [1.82, 2.24) is 9.78 Å². The highest BCUT2D eigenvalue weighted by Gasteiger charge is 2.34. The van der Waals surface area contributed by atoms with Gasteiger partial charge >= 0.3 is 5.63 Å². The van der Waals surface area contributed by atoms with Crippen LogP contribution in [0.15, 0.2) is 45.9 Å². The minimum Gasteiger partial charge on any atom is -0.480 e. The molecule has 128 valence electrons. The van der Waals surface area contributed by atoms with Gasteiger partial charge in [0.1, 0.15) is 11.3 Å². The monoisotopic (exact) mass is 339 g/mol. The molecule has 1 atom stereocenters. The second-order valence-corrected chi connectivity index (χ2v) is 6.16. The minimum absolute atomic E-state index is 0.0983. The number of nitrogens with zero attached hydrogens (tertiary/aromatic N) is 3. The summed E-state index contributed by atoms with van der Waals surface area (Å²) < 4.78 is 12.7. The van der Waals surface area contributed by atoms with Crippen molar-refractivity contribution < 1.29 is 13.9 Å². The summed E-state index contributed by atoms with van der Waals surface area (Å²) >= 11 is 0. The fraction of sp³-hybridized carbons (Fsp3) is 0.278. The molecule has 0 unspecified atom stereocenters. The van der Waals surface area contributed by atoms with Gasteiger partial charge in [-0.15, -0.1) is 0 Å². The number of rotatable bonds is 3. The molecule has 0 N–H and O–H groups in total. The van der Waals surface area contributed by atoms with E-state index in [0.717, 1.165) is 16.6 Å². The van der Waals surface area contributed by atoms with Crippen LogP contribution in [0.3, 0.4) is 0 Å². The van der Waals surface area contributed by atoms with E-state index in [4.69, 9.17) is 9.15 Å². The van der Waals surface area contributed by atoms with Gasteiger partial charge in [-0.2, -0.15) is 5.10 Å². The van der Waals surface area contributed by atoms with Crippen LogP contribution < -0.4 is 15.3 Å². The minimum atomic E-state index is -0.561. The van der Waals surface area contributed by atoms with Crippen LogP contribution in [0.4, 0.5) is 5.69 Å². The van der Waals surface area contributed by atoms with Gasteiger partial charge in [-0.05, 0) is 24.6 Å². The molecular formula is C18H17N3O4. The number of anilines is 1. The lowest BCUT2D eigenvalue weighted by atomic mass is 10.1. The first-order chi connectivity index (χ1) is 12.0. The maximum absolute atomic E-state index is 12.6. The maximum Gasteiger partial charge on any atom is 0.336 e. The van der Waals surface area contributed by atoms with Crippen molar-refractivity contribution in [3.63, 3.8) is 0 Å². The van der Waals surface area contributed by atoms with Crippen molar-refractivity contribution >= 4 is 22.6 Å². The Hall–Kier alpha value is -3.09. The summed E-state index contributed by atoms with van der Waals surface area (Å²) in [5.41, 5.74) is 1.66. The summed E-state index contributed by atoms with van der Waals surface area (Å²) in [7, 11) is 1.81. The average Bonchev–Trinajstić information content (AvgIpc) is 3.13. The third kappa shape index (κ3) is 2.77. The van der Waals surface area contributed by atoms with Crippen LogP contribution in [0, 0.1) is 6.92 Å². The molecular weight excluding hydrogens is 322 g/mol. The Morgan fingerprint density at radius 1 is 1.28 bits per heavy atom. The van der Waals surface area contributed by atoms with Gasteiger partial charge in [-0.3, -0.25) is 9.48 Å². The van der Waals surface area contributed by atoms with Crippen LogP contribution in [0.2, 0.25) is 0 Å². The van der Waals surface area contributed by atoms with Gasteiger partial charge in [0, 0.05) is 43.7 Å². The van der Waals surface area contributed by atoms with Crippen molar-refractivity contribution in [2.45, 2.75) is 19.4 Å². The van der Waals surface area contributed by atoms with E-state index < -0.39 is 11.7 Å². The lowest BCUT2D eigenvalue weighted by Gasteiger charge is -2.15. The normalized spacial score (nSPS) is 17.4. The van der Waals surface area contributed by atoms with E-state index in [2.05, 4.69) is 5.10 Å². The zero-order valence-electron chi connectivity index (χ0n) is 13.9. The molecule has 25 heavy (non-hydrogen) atoms. The predicted octanol–water partition coefficient (Wildman–Crippen LogP) is 2.02. The Kier molecular flexibility index (Phi) is 3.56. The zero-order chi connectivity index (χ0) is 17.6. The zero-order valence-corrected chi connectivity index (χ0v) is 13.9. The molecule has 0 bridgehead atoms. The van der Waals surface area contributed by atoms with Gasteiger partial charge in [-0.25, -0.2) is 4.79 Å². The highest BCUT2D eigenvalue weighted by molar-refractivity contribution is 5.98. The van der Waals surface area contributed by atoms with E-state index in [0.29, 0.717) is 24.3 Å². The van der Waals surface area contributed by atoms with Crippen LogP contribution in [0.25, 0.3) is 11.0 Å². The summed E-state index contributed by atoms with van der Waals surface area (Å²) in [5, 5.41) is 4.94. The number of hydrogen-bond donors (Lipinski definition) is 0. The van der Waals surface area contributed by atoms with Crippen molar-refractivity contribution in [3.05, 3.63) is 52.6 Å². The summed E-state index contributed by atoms with van der Waals surface area (Å²) in [4.78, 5) is 25.8. The summed E-state index contributed by atoms with van der Waals surface area (Å²) in [6, 6.07) is 6.73.